The summed E-state index contributed by atoms with van der Waals surface area (Å²) in [7, 11) is 1.88. The van der Waals surface area contributed by atoms with Crippen LogP contribution in [0.3, 0.4) is 0 Å². The lowest BCUT2D eigenvalue weighted by Crippen LogP contribution is -2.43. The number of likely N-dealkylation sites (N-methyl/N-ethyl adjacent to an activating group) is 1. The van der Waals surface area contributed by atoms with Crippen LogP contribution in [0.2, 0.25) is 0 Å². The summed E-state index contributed by atoms with van der Waals surface area (Å²) in [5.74, 6) is 1.72. The number of carbonyl (C=O) groups is 1. The molecule has 0 aliphatic carbocycles. The van der Waals surface area contributed by atoms with E-state index in [4.69, 9.17) is 5.73 Å². The van der Waals surface area contributed by atoms with Gasteiger partial charge in [0.25, 0.3) is 0 Å². The fourth-order valence-corrected chi connectivity index (χ4v) is 3.66. The number of rotatable bonds is 8. The van der Waals surface area contributed by atoms with Crippen molar-refractivity contribution in [2.24, 2.45) is 11.7 Å². The Hall–Kier alpha value is -0.980. The molecule has 1 aromatic rings. The second kappa shape index (κ2) is 11.6. The summed E-state index contributed by atoms with van der Waals surface area (Å²) in [6.07, 6.45) is 9.94. The molecular formula is C18H31ClN4OS. The maximum absolute atomic E-state index is 12.2. The molecule has 2 N–H and O–H groups in total. The summed E-state index contributed by atoms with van der Waals surface area (Å²) in [5.41, 5.74) is 7.24. The Morgan fingerprint density at radius 1 is 1.40 bits per heavy atom. The normalized spacial score (nSPS) is 16.2. The predicted molar refractivity (Wildman–Crippen MR) is 110 cm³/mol. The topological polar surface area (TPSA) is 62.5 Å². The van der Waals surface area contributed by atoms with Gasteiger partial charge in [-0.1, -0.05) is 0 Å². The molecule has 142 valence electrons. The Labute approximate surface area is 162 Å². The molecule has 2 rings (SSSR count). The van der Waals surface area contributed by atoms with Gasteiger partial charge in [0.15, 0.2) is 0 Å². The van der Waals surface area contributed by atoms with Crippen LogP contribution in [0.15, 0.2) is 24.5 Å². The highest BCUT2D eigenvalue weighted by molar-refractivity contribution is 7.98. The van der Waals surface area contributed by atoms with Gasteiger partial charge < -0.3 is 15.5 Å². The van der Waals surface area contributed by atoms with Crippen LogP contribution in [0.25, 0.3) is 0 Å². The standard InChI is InChI=1S/C18H30N4OS.ClH/c1-21(18(23)17(19)8-14-24-2)11-5-15-6-12-22(13-7-15)16-3-9-20-10-4-16;/h3-4,9-10,15,17H,5-8,11-14,19H2,1-2H3;1H. The Morgan fingerprint density at radius 3 is 2.64 bits per heavy atom. The summed E-state index contributed by atoms with van der Waals surface area (Å²) < 4.78 is 0. The van der Waals surface area contributed by atoms with Crippen molar-refractivity contribution in [3.05, 3.63) is 24.5 Å². The van der Waals surface area contributed by atoms with Crippen molar-refractivity contribution < 1.29 is 4.79 Å². The number of amides is 1. The Bertz CT molecular complexity index is 497. The summed E-state index contributed by atoms with van der Waals surface area (Å²) in [4.78, 5) is 20.6. The van der Waals surface area contributed by atoms with Crippen LogP contribution >= 0.6 is 24.2 Å². The quantitative estimate of drug-likeness (QED) is 0.744. The number of nitrogens with zero attached hydrogens (tertiary/aromatic N) is 3. The summed E-state index contributed by atoms with van der Waals surface area (Å²) in [6, 6.07) is 3.79. The monoisotopic (exact) mass is 386 g/mol. The highest BCUT2D eigenvalue weighted by atomic mass is 35.5. The van der Waals surface area contributed by atoms with Gasteiger partial charge in [0.05, 0.1) is 6.04 Å². The van der Waals surface area contributed by atoms with Crippen molar-refractivity contribution >= 4 is 35.8 Å². The average Bonchev–Trinajstić information content (AvgIpc) is 2.64. The van der Waals surface area contributed by atoms with Crippen LogP contribution < -0.4 is 10.6 Å². The van der Waals surface area contributed by atoms with E-state index < -0.39 is 0 Å². The van der Waals surface area contributed by atoms with Crippen molar-refractivity contribution in [1.82, 2.24) is 9.88 Å². The van der Waals surface area contributed by atoms with Crippen LogP contribution in [0, 0.1) is 5.92 Å². The Kier molecular flexibility index (Phi) is 10.2. The fraction of sp³-hybridized carbons (Fsp3) is 0.667. The second-order valence-corrected chi connectivity index (χ2v) is 7.56. The highest BCUT2D eigenvalue weighted by Crippen LogP contribution is 2.24. The van der Waals surface area contributed by atoms with E-state index in [1.54, 1.807) is 11.8 Å². The zero-order valence-electron chi connectivity index (χ0n) is 15.3. The van der Waals surface area contributed by atoms with Crippen molar-refractivity contribution in [3.8, 4) is 0 Å². The number of aromatic nitrogens is 1. The van der Waals surface area contributed by atoms with E-state index in [2.05, 4.69) is 22.0 Å². The zero-order chi connectivity index (χ0) is 17.4. The van der Waals surface area contributed by atoms with Gasteiger partial charge in [-0.2, -0.15) is 11.8 Å². The average molecular weight is 387 g/mol. The Balaban J connectivity index is 0.00000312. The molecule has 2 heterocycles. The van der Waals surface area contributed by atoms with Gasteiger partial charge in [-0.15, -0.1) is 12.4 Å². The van der Waals surface area contributed by atoms with Crippen LogP contribution in [0.5, 0.6) is 0 Å². The molecule has 0 bridgehead atoms. The first-order valence-corrected chi connectivity index (χ1v) is 10.2. The van der Waals surface area contributed by atoms with E-state index in [0.29, 0.717) is 5.92 Å². The van der Waals surface area contributed by atoms with Crippen LogP contribution in [-0.2, 0) is 4.79 Å². The van der Waals surface area contributed by atoms with Crippen LogP contribution in [-0.4, -0.2) is 60.5 Å². The smallest absolute Gasteiger partial charge is 0.239 e. The summed E-state index contributed by atoms with van der Waals surface area (Å²) >= 11 is 1.73. The molecule has 0 aromatic carbocycles. The molecule has 1 aliphatic heterocycles. The lowest BCUT2D eigenvalue weighted by molar-refractivity contribution is -0.131. The maximum atomic E-state index is 12.2. The number of halogens is 1. The lowest BCUT2D eigenvalue weighted by atomic mass is 9.93. The van der Waals surface area contributed by atoms with Crippen LogP contribution in [0.4, 0.5) is 5.69 Å². The third-order valence-electron chi connectivity index (χ3n) is 4.84. The summed E-state index contributed by atoms with van der Waals surface area (Å²) in [6.45, 7) is 2.98. The first-order chi connectivity index (χ1) is 11.6. The zero-order valence-corrected chi connectivity index (χ0v) is 16.9. The van der Waals surface area contributed by atoms with E-state index >= 15 is 0 Å². The molecule has 1 amide bonds. The molecule has 0 radical (unpaired) electrons. The van der Waals surface area contributed by atoms with E-state index in [1.807, 2.05) is 30.6 Å². The first-order valence-electron chi connectivity index (χ1n) is 8.76. The maximum Gasteiger partial charge on any atom is 0.239 e. The van der Waals surface area contributed by atoms with Gasteiger partial charge in [0.2, 0.25) is 5.91 Å². The molecular weight excluding hydrogens is 356 g/mol. The number of carbonyl (C=O) groups excluding carboxylic acids is 1. The van der Waals surface area contributed by atoms with Gasteiger partial charge in [-0.25, -0.2) is 0 Å². The lowest BCUT2D eigenvalue weighted by Gasteiger charge is -2.34. The largest absolute Gasteiger partial charge is 0.371 e. The minimum Gasteiger partial charge on any atom is -0.371 e. The van der Waals surface area contributed by atoms with E-state index in [0.717, 1.165) is 38.2 Å². The Morgan fingerprint density at radius 2 is 2.04 bits per heavy atom. The molecule has 1 saturated heterocycles. The first kappa shape index (κ1) is 22.1. The third-order valence-corrected chi connectivity index (χ3v) is 5.49. The molecule has 1 atom stereocenters. The van der Waals surface area contributed by atoms with Crippen molar-refractivity contribution in [2.45, 2.75) is 31.7 Å². The molecule has 1 fully saturated rings. The number of hydrogen-bond donors (Lipinski definition) is 1. The van der Waals surface area contributed by atoms with Gasteiger partial charge in [-0.3, -0.25) is 9.78 Å². The fourth-order valence-electron chi connectivity index (χ4n) is 3.17. The third kappa shape index (κ3) is 7.04. The van der Waals surface area contributed by atoms with Crippen LogP contribution in [0.1, 0.15) is 25.7 Å². The number of thioether (sulfide) groups is 1. The highest BCUT2D eigenvalue weighted by Gasteiger charge is 2.22. The van der Waals surface area contributed by atoms with Gasteiger partial charge >= 0.3 is 0 Å². The van der Waals surface area contributed by atoms with Gasteiger partial charge in [0, 0.05) is 44.8 Å². The summed E-state index contributed by atoms with van der Waals surface area (Å²) in [5, 5.41) is 0. The second-order valence-electron chi connectivity index (χ2n) is 6.57. The van der Waals surface area contributed by atoms with Crippen molar-refractivity contribution in [3.63, 3.8) is 0 Å². The number of hydrogen-bond acceptors (Lipinski definition) is 5. The van der Waals surface area contributed by atoms with Gasteiger partial charge in [-0.05, 0) is 55.7 Å². The molecule has 1 aromatic heterocycles. The van der Waals surface area contributed by atoms with Crippen molar-refractivity contribution in [2.75, 3.05) is 43.6 Å². The molecule has 25 heavy (non-hydrogen) atoms. The molecule has 1 aliphatic rings. The number of piperidine rings is 1. The van der Waals surface area contributed by atoms with E-state index in [-0.39, 0.29) is 24.4 Å². The van der Waals surface area contributed by atoms with Crippen molar-refractivity contribution in [1.29, 1.82) is 0 Å². The van der Waals surface area contributed by atoms with Gasteiger partial charge in [0.1, 0.15) is 0 Å². The molecule has 5 nitrogen and oxygen atoms in total. The SMILES string of the molecule is CSCCC(N)C(=O)N(C)CCC1CCN(c2ccncc2)CC1.Cl. The molecule has 1 unspecified atom stereocenters. The minimum absolute atomic E-state index is 0. The molecule has 0 spiro atoms. The molecule has 0 saturated carbocycles. The number of pyridine rings is 1. The minimum atomic E-state index is -0.351. The van der Waals surface area contributed by atoms with E-state index in [9.17, 15) is 4.79 Å². The van der Waals surface area contributed by atoms with E-state index in [1.165, 1.54) is 18.5 Å². The molecule has 7 heteroatoms. The number of nitrogens with two attached hydrogens (primary N) is 1. The number of anilines is 1. The predicted octanol–water partition coefficient (Wildman–Crippen LogP) is 2.65.